The van der Waals surface area contributed by atoms with E-state index in [1.807, 2.05) is 0 Å². The van der Waals surface area contributed by atoms with E-state index in [1.54, 1.807) is 0 Å². The van der Waals surface area contributed by atoms with Gasteiger partial charge in [-0.15, -0.1) is 0 Å². The Labute approximate surface area is 76.4 Å². The van der Waals surface area contributed by atoms with Gasteiger partial charge in [-0.1, -0.05) is 0 Å². The van der Waals surface area contributed by atoms with Crippen molar-refractivity contribution in [2.45, 2.75) is 26.0 Å². The molecular weight excluding hydrogens is 174 g/mol. The Morgan fingerprint density at radius 1 is 1.31 bits per heavy atom. The van der Waals surface area contributed by atoms with Gasteiger partial charge in [0, 0.05) is 6.92 Å². The maximum atomic E-state index is 11.0. The lowest BCUT2D eigenvalue weighted by atomic mass is 10.3. The van der Waals surface area contributed by atoms with Crippen LogP contribution in [0.3, 0.4) is 0 Å². The van der Waals surface area contributed by atoms with Gasteiger partial charge >= 0.3 is 18.0 Å². The van der Waals surface area contributed by atoms with Gasteiger partial charge in [0.15, 0.2) is 6.10 Å². The Bertz CT molecular complexity index is 243. The molecule has 0 amide bonds. The van der Waals surface area contributed by atoms with Gasteiger partial charge in [-0.25, -0.2) is 16.2 Å². The average molecular weight is 185 g/mol. The highest BCUT2D eigenvalue weighted by atomic mass is 16.6. The largest absolute Gasteiger partial charge is 0.466 e. The van der Waals surface area contributed by atoms with Gasteiger partial charge in [0.05, 0.1) is 7.11 Å². The summed E-state index contributed by atoms with van der Waals surface area (Å²) in [5, 5.41) is 0. The Hall–Kier alpha value is -1.57. The minimum absolute atomic E-state index is 0.634. The molecule has 0 aromatic heterocycles. The monoisotopic (exact) mass is 185 g/mol. The van der Waals surface area contributed by atoms with Crippen molar-refractivity contribution in [2.75, 3.05) is 7.11 Å². The van der Waals surface area contributed by atoms with Gasteiger partial charge in [0.2, 0.25) is 0 Å². The molecule has 0 aliphatic carbocycles. The highest BCUT2D eigenvalue weighted by Gasteiger charge is 2.25. The zero-order chi connectivity index (χ0) is 10.4. The number of rotatable bonds is 3. The van der Waals surface area contributed by atoms with E-state index in [4.69, 9.17) is 6.57 Å². The topological polar surface area (TPSA) is 57.0 Å². The summed E-state index contributed by atoms with van der Waals surface area (Å²) in [7, 11) is 1.20. The number of carbonyl (C=O) groups excluding carboxylic acids is 2. The maximum absolute atomic E-state index is 11.0. The molecule has 0 radical (unpaired) electrons. The third-order valence-corrected chi connectivity index (χ3v) is 1.36. The van der Waals surface area contributed by atoms with Crippen molar-refractivity contribution in [1.29, 1.82) is 0 Å². The molecule has 0 bridgehead atoms. The predicted molar refractivity (Wildman–Crippen MR) is 43.6 cm³/mol. The van der Waals surface area contributed by atoms with Crippen LogP contribution in [-0.2, 0) is 19.1 Å². The molecule has 2 atom stereocenters. The number of carbonyl (C=O) groups is 2. The van der Waals surface area contributed by atoms with Crippen LogP contribution in [-0.4, -0.2) is 31.2 Å². The van der Waals surface area contributed by atoms with Crippen LogP contribution in [0.15, 0.2) is 0 Å². The van der Waals surface area contributed by atoms with Crippen molar-refractivity contribution in [2.24, 2.45) is 0 Å². The van der Waals surface area contributed by atoms with E-state index in [2.05, 4.69) is 14.3 Å². The van der Waals surface area contributed by atoms with E-state index in [-0.39, 0.29) is 0 Å². The SMILES string of the molecule is [C-]#[N+]C(C)C(=O)O[C@H](C)C(=O)OC. The molecule has 0 fully saturated rings. The van der Waals surface area contributed by atoms with Crippen molar-refractivity contribution in [3.05, 3.63) is 11.4 Å². The standard InChI is InChI=1S/C8H11NO4/c1-5(9-3)7(10)13-6(2)8(11)12-4/h5-6H,1-2,4H3/t5?,6-/m1/s1. The van der Waals surface area contributed by atoms with E-state index < -0.39 is 24.1 Å². The smallest absolute Gasteiger partial charge is 0.390 e. The normalized spacial score (nSPS) is 13.7. The van der Waals surface area contributed by atoms with Gasteiger partial charge in [0.1, 0.15) is 0 Å². The number of hydrogen-bond acceptors (Lipinski definition) is 4. The van der Waals surface area contributed by atoms with Crippen LogP contribution in [0.2, 0.25) is 0 Å². The first-order valence-corrected chi connectivity index (χ1v) is 3.67. The van der Waals surface area contributed by atoms with Crippen molar-refractivity contribution in [3.63, 3.8) is 0 Å². The summed E-state index contributed by atoms with van der Waals surface area (Å²) in [4.78, 5) is 24.7. The molecule has 0 saturated heterocycles. The number of hydrogen-bond donors (Lipinski definition) is 0. The number of ether oxygens (including phenoxy) is 2. The molecule has 0 heterocycles. The second kappa shape index (κ2) is 5.14. The molecule has 0 aromatic rings. The fourth-order valence-corrected chi connectivity index (χ4v) is 0.539. The lowest BCUT2D eigenvalue weighted by molar-refractivity contribution is -0.164. The third kappa shape index (κ3) is 3.56. The Kier molecular flexibility index (Phi) is 4.52. The Morgan fingerprint density at radius 2 is 1.85 bits per heavy atom. The van der Waals surface area contributed by atoms with Gasteiger partial charge in [-0.05, 0) is 6.92 Å². The van der Waals surface area contributed by atoms with Crippen LogP contribution >= 0.6 is 0 Å². The van der Waals surface area contributed by atoms with Gasteiger partial charge in [-0.3, -0.25) is 0 Å². The zero-order valence-electron chi connectivity index (χ0n) is 7.73. The number of esters is 2. The van der Waals surface area contributed by atoms with Crippen molar-refractivity contribution in [1.82, 2.24) is 0 Å². The van der Waals surface area contributed by atoms with Crippen LogP contribution in [0.5, 0.6) is 0 Å². The Balaban J connectivity index is 4.08. The third-order valence-electron chi connectivity index (χ3n) is 1.36. The van der Waals surface area contributed by atoms with Crippen molar-refractivity contribution in [3.8, 4) is 0 Å². The quantitative estimate of drug-likeness (QED) is 0.471. The lowest BCUT2D eigenvalue weighted by Gasteiger charge is -2.09. The van der Waals surface area contributed by atoms with Crippen LogP contribution in [0, 0.1) is 6.57 Å². The van der Waals surface area contributed by atoms with Crippen molar-refractivity contribution >= 4 is 11.9 Å². The summed E-state index contributed by atoms with van der Waals surface area (Å²) in [6, 6.07) is -0.882. The molecule has 13 heavy (non-hydrogen) atoms. The first-order chi connectivity index (χ1) is 6.02. The van der Waals surface area contributed by atoms with E-state index in [0.29, 0.717) is 0 Å². The second-order valence-electron chi connectivity index (χ2n) is 2.41. The van der Waals surface area contributed by atoms with E-state index >= 15 is 0 Å². The van der Waals surface area contributed by atoms with Crippen LogP contribution in [0.25, 0.3) is 4.85 Å². The molecule has 0 spiro atoms. The summed E-state index contributed by atoms with van der Waals surface area (Å²) < 4.78 is 8.96. The highest BCUT2D eigenvalue weighted by Crippen LogP contribution is 1.99. The zero-order valence-corrected chi connectivity index (χ0v) is 7.73. The van der Waals surface area contributed by atoms with Gasteiger partial charge in [-0.2, -0.15) is 0 Å². The number of nitrogens with zero attached hydrogens (tertiary/aromatic N) is 1. The van der Waals surface area contributed by atoms with E-state index in [0.717, 1.165) is 0 Å². The molecule has 0 rings (SSSR count). The van der Waals surface area contributed by atoms with Crippen LogP contribution < -0.4 is 0 Å². The molecule has 0 aromatic carbocycles. The minimum Gasteiger partial charge on any atom is -0.466 e. The molecule has 1 unspecified atom stereocenters. The molecule has 0 saturated carbocycles. The molecule has 5 nitrogen and oxygen atoms in total. The second-order valence-corrected chi connectivity index (χ2v) is 2.41. The highest BCUT2D eigenvalue weighted by molar-refractivity contribution is 5.82. The summed E-state index contributed by atoms with van der Waals surface area (Å²) in [5.74, 6) is -1.35. The van der Waals surface area contributed by atoms with E-state index in [9.17, 15) is 9.59 Å². The molecule has 0 aliphatic rings. The van der Waals surface area contributed by atoms with Gasteiger partial charge in [0.25, 0.3) is 0 Å². The Morgan fingerprint density at radius 3 is 2.23 bits per heavy atom. The van der Waals surface area contributed by atoms with E-state index in [1.165, 1.54) is 21.0 Å². The van der Waals surface area contributed by atoms with Crippen LogP contribution in [0.1, 0.15) is 13.8 Å². The summed E-state index contributed by atoms with van der Waals surface area (Å²) in [5.41, 5.74) is 0. The summed E-state index contributed by atoms with van der Waals surface area (Å²) >= 11 is 0. The molecular formula is C8H11NO4. The van der Waals surface area contributed by atoms with Gasteiger partial charge < -0.3 is 14.3 Å². The average Bonchev–Trinajstić information content (AvgIpc) is 2.14. The first kappa shape index (κ1) is 11.4. The molecule has 5 heteroatoms. The summed E-state index contributed by atoms with van der Waals surface area (Å²) in [6.45, 7) is 9.33. The fourth-order valence-electron chi connectivity index (χ4n) is 0.539. The number of methoxy groups -OCH3 is 1. The van der Waals surface area contributed by atoms with Crippen molar-refractivity contribution < 1.29 is 19.1 Å². The lowest BCUT2D eigenvalue weighted by Crippen LogP contribution is -2.29. The maximum Gasteiger partial charge on any atom is 0.390 e. The summed E-state index contributed by atoms with van der Waals surface area (Å²) in [6.07, 6.45) is -0.957. The molecule has 0 N–H and O–H groups in total. The predicted octanol–water partition coefficient (Wildman–Crippen LogP) is 0.399. The molecule has 0 aliphatic heterocycles. The van der Waals surface area contributed by atoms with Crippen LogP contribution in [0.4, 0.5) is 0 Å². The molecule has 72 valence electrons. The minimum atomic E-state index is -0.957. The first-order valence-electron chi connectivity index (χ1n) is 3.67. The fraction of sp³-hybridized carbons (Fsp3) is 0.625.